The summed E-state index contributed by atoms with van der Waals surface area (Å²) in [5.41, 5.74) is -1.01. The minimum Gasteiger partial charge on any atom is -0.317 e. The van der Waals surface area contributed by atoms with Crippen LogP contribution in [-0.4, -0.2) is 19.3 Å². The average Bonchev–Trinajstić information content (AvgIpc) is 2.31. The number of rotatable bonds is 4. The van der Waals surface area contributed by atoms with E-state index in [0.29, 0.717) is 12.5 Å². The van der Waals surface area contributed by atoms with Crippen LogP contribution in [0.4, 0.5) is 4.39 Å². The minimum absolute atomic E-state index is 0.490. The molecule has 0 radical (unpaired) electrons. The Kier molecular flexibility index (Phi) is 4.86. The zero-order valence-electron chi connectivity index (χ0n) is 9.61. The normalized spacial score (nSPS) is 24.2. The SMILES string of the molecule is CNCC(C)(F)CC1CCCCCC1. The molecule has 0 aromatic rings. The smallest absolute Gasteiger partial charge is 0.120 e. The summed E-state index contributed by atoms with van der Waals surface area (Å²) in [6.45, 7) is 2.22. The number of alkyl halides is 1. The molecule has 1 atom stereocenters. The fourth-order valence-electron chi connectivity index (χ4n) is 2.61. The van der Waals surface area contributed by atoms with Gasteiger partial charge < -0.3 is 5.32 Å². The van der Waals surface area contributed by atoms with Gasteiger partial charge in [0.2, 0.25) is 0 Å². The Balaban J connectivity index is 2.33. The molecule has 0 bridgehead atoms. The molecule has 1 fully saturated rings. The van der Waals surface area contributed by atoms with Crippen LogP contribution < -0.4 is 5.32 Å². The van der Waals surface area contributed by atoms with Gasteiger partial charge in [-0.3, -0.25) is 0 Å². The van der Waals surface area contributed by atoms with Crippen LogP contribution in [0.1, 0.15) is 51.9 Å². The lowest BCUT2D eigenvalue weighted by atomic mass is 9.88. The summed E-state index contributed by atoms with van der Waals surface area (Å²) in [6.07, 6.45) is 8.54. The summed E-state index contributed by atoms with van der Waals surface area (Å²) in [4.78, 5) is 0. The molecule has 1 N–H and O–H groups in total. The second kappa shape index (κ2) is 5.69. The maximum Gasteiger partial charge on any atom is 0.120 e. The van der Waals surface area contributed by atoms with Crippen molar-refractivity contribution in [2.75, 3.05) is 13.6 Å². The van der Waals surface area contributed by atoms with E-state index in [0.717, 1.165) is 6.42 Å². The van der Waals surface area contributed by atoms with Crippen molar-refractivity contribution < 1.29 is 4.39 Å². The Morgan fingerprint density at radius 2 is 1.79 bits per heavy atom. The maximum absolute atomic E-state index is 13.9. The summed E-state index contributed by atoms with van der Waals surface area (Å²) in [5.74, 6) is 0.626. The molecular formula is C12H24FN. The highest BCUT2D eigenvalue weighted by molar-refractivity contribution is 4.80. The molecule has 1 nitrogen and oxygen atoms in total. The van der Waals surface area contributed by atoms with E-state index in [1.54, 1.807) is 6.92 Å². The summed E-state index contributed by atoms with van der Waals surface area (Å²) < 4.78 is 13.9. The molecule has 1 aliphatic carbocycles. The van der Waals surface area contributed by atoms with Crippen molar-refractivity contribution >= 4 is 0 Å². The molecule has 1 aliphatic rings. The van der Waals surface area contributed by atoms with Crippen LogP contribution >= 0.6 is 0 Å². The number of hydrogen-bond donors (Lipinski definition) is 1. The van der Waals surface area contributed by atoms with Crippen molar-refractivity contribution in [3.8, 4) is 0 Å². The van der Waals surface area contributed by atoms with Gasteiger partial charge >= 0.3 is 0 Å². The van der Waals surface area contributed by atoms with Crippen molar-refractivity contribution in [1.82, 2.24) is 5.32 Å². The van der Waals surface area contributed by atoms with Crippen molar-refractivity contribution in [1.29, 1.82) is 0 Å². The Morgan fingerprint density at radius 1 is 1.21 bits per heavy atom. The van der Waals surface area contributed by atoms with Crippen LogP contribution in [0.2, 0.25) is 0 Å². The Morgan fingerprint density at radius 3 is 2.29 bits per heavy atom. The standard InChI is InChI=1S/C12H24FN/c1-12(13,10-14-2)9-11-7-5-3-4-6-8-11/h11,14H,3-10H2,1-2H3. The average molecular weight is 201 g/mol. The van der Waals surface area contributed by atoms with E-state index >= 15 is 0 Å². The van der Waals surface area contributed by atoms with Crippen molar-refractivity contribution in [3.05, 3.63) is 0 Å². The molecule has 0 aromatic heterocycles. The highest BCUT2D eigenvalue weighted by Gasteiger charge is 2.27. The zero-order chi connectivity index (χ0) is 10.4. The minimum atomic E-state index is -1.01. The summed E-state index contributed by atoms with van der Waals surface area (Å²) in [5, 5.41) is 2.94. The van der Waals surface area contributed by atoms with Crippen LogP contribution in [0.25, 0.3) is 0 Å². The van der Waals surface area contributed by atoms with E-state index in [1.807, 2.05) is 7.05 Å². The molecule has 84 valence electrons. The fraction of sp³-hybridized carbons (Fsp3) is 1.00. The molecule has 0 spiro atoms. The van der Waals surface area contributed by atoms with Gasteiger partial charge in [0.15, 0.2) is 0 Å². The molecule has 1 rings (SSSR count). The van der Waals surface area contributed by atoms with Gasteiger partial charge in [-0.15, -0.1) is 0 Å². The largest absolute Gasteiger partial charge is 0.317 e. The highest BCUT2D eigenvalue weighted by atomic mass is 19.1. The Hall–Kier alpha value is -0.110. The van der Waals surface area contributed by atoms with Gasteiger partial charge in [-0.2, -0.15) is 0 Å². The highest BCUT2D eigenvalue weighted by Crippen LogP contribution is 2.31. The first kappa shape index (κ1) is 12.0. The van der Waals surface area contributed by atoms with Crippen LogP contribution in [0.5, 0.6) is 0 Å². The van der Waals surface area contributed by atoms with Gasteiger partial charge in [-0.1, -0.05) is 38.5 Å². The lowest BCUT2D eigenvalue weighted by Crippen LogP contribution is -2.33. The molecule has 0 aromatic carbocycles. The summed E-state index contributed by atoms with van der Waals surface area (Å²) in [6, 6.07) is 0. The summed E-state index contributed by atoms with van der Waals surface area (Å²) in [7, 11) is 1.82. The number of nitrogens with one attached hydrogen (secondary N) is 1. The first-order chi connectivity index (χ1) is 6.64. The Labute approximate surface area is 87.5 Å². The molecule has 0 aliphatic heterocycles. The predicted molar refractivity (Wildman–Crippen MR) is 59.2 cm³/mol. The first-order valence-electron chi connectivity index (χ1n) is 5.97. The second-order valence-corrected chi connectivity index (χ2v) is 5.01. The maximum atomic E-state index is 13.9. The fourth-order valence-corrected chi connectivity index (χ4v) is 2.61. The van der Waals surface area contributed by atoms with Crippen molar-refractivity contribution in [2.45, 2.75) is 57.5 Å². The number of halogens is 1. The third-order valence-electron chi connectivity index (χ3n) is 3.23. The van der Waals surface area contributed by atoms with E-state index in [4.69, 9.17) is 0 Å². The second-order valence-electron chi connectivity index (χ2n) is 5.01. The molecular weight excluding hydrogens is 177 g/mol. The van der Waals surface area contributed by atoms with E-state index < -0.39 is 5.67 Å². The molecule has 1 saturated carbocycles. The van der Waals surface area contributed by atoms with E-state index in [9.17, 15) is 4.39 Å². The zero-order valence-corrected chi connectivity index (χ0v) is 9.61. The third-order valence-corrected chi connectivity index (χ3v) is 3.23. The van der Waals surface area contributed by atoms with E-state index in [-0.39, 0.29) is 0 Å². The molecule has 0 amide bonds. The van der Waals surface area contributed by atoms with Crippen LogP contribution in [0.3, 0.4) is 0 Å². The first-order valence-corrected chi connectivity index (χ1v) is 5.97. The molecule has 14 heavy (non-hydrogen) atoms. The lowest BCUT2D eigenvalue weighted by molar-refractivity contribution is 0.139. The van der Waals surface area contributed by atoms with Crippen molar-refractivity contribution in [3.63, 3.8) is 0 Å². The van der Waals surface area contributed by atoms with Gasteiger partial charge in [0.1, 0.15) is 5.67 Å². The van der Waals surface area contributed by atoms with Crippen LogP contribution in [0, 0.1) is 5.92 Å². The molecule has 1 unspecified atom stereocenters. The Bertz CT molecular complexity index is 148. The summed E-state index contributed by atoms with van der Waals surface area (Å²) >= 11 is 0. The topological polar surface area (TPSA) is 12.0 Å². The quantitative estimate of drug-likeness (QED) is 0.688. The van der Waals surface area contributed by atoms with Crippen molar-refractivity contribution in [2.24, 2.45) is 5.92 Å². The predicted octanol–water partition coefficient (Wildman–Crippen LogP) is 3.29. The van der Waals surface area contributed by atoms with Crippen LogP contribution in [-0.2, 0) is 0 Å². The van der Waals surface area contributed by atoms with Gasteiger partial charge in [0.25, 0.3) is 0 Å². The van der Waals surface area contributed by atoms with Gasteiger partial charge in [0, 0.05) is 6.54 Å². The van der Waals surface area contributed by atoms with Crippen LogP contribution in [0.15, 0.2) is 0 Å². The molecule has 2 heteroatoms. The number of hydrogen-bond acceptors (Lipinski definition) is 1. The van der Waals surface area contributed by atoms with E-state index in [2.05, 4.69) is 5.32 Å². The van der Waals surface area contributed by atoms with Gasteiger partial charge in [-0.25, -0.2) is 4.39 Å². The van der Waals surface area contributed by atoms with Gasteiger partial charge in [-0.05, 0) is 26.3 Å². The van der Waals surface area contributed by atoms with Gasteiger partial charge in [0.05, 0.1) is 0 Å². The monoisotopic (exact) mass is 201 g/mol. The van der Waals surface area contributed by atoms with E-state index in [1.165, 1.54) is 38.5 Å². The third kappa shape index (κ3) is 4.41. The molecule has 0 saturated heterocycles. The molecule has 0 heterocycles. The lowest BCUT2D eigenvalue weighted by Gasteiger charge is -2.25.